The summed E-state index contributed by atoms with van der Waals surface area (Å²) in [4.78, 5) is 22.2. The van der Waals surface area contributed by atoms with E-state index >= 15 is 0 Å². The predicted octanol–water partition coefficient (Wildman–Crippen LogP) is 2.65. The standard InChI is InChI=1S/C22H28N4O3/c1-25-10-8-18-14(13-25)11-17(21(23)24-18)22(27)26-9-4-5-19(26)16-12-15(28-2)6-7-20(16)29-3/h6-7,11-12,19H,4-5,8-10,13H2,1-3H3,(H2,23,24)/t19-/m0/s1. The third-order valence-corrected chi connectivity index (χ3v) is 5.93. The number of likely N-dealkylation sites (tertiary alicyclic amines) is 1. The summed E-state index contributed by atoms with van der Waals surface area (Å²) in [5.41, 5.74) is 9.76. The number of hydrogen-bond acceptors (Lipinski definition) is 6. The number of methoxy groups -OCH3 is 2. The van der Waals surface area contributed by atoms with Crippen molar-refractivity contribution >= 4 is 11.7 Å². The van der Waals surface area contributed by atoms with Gasteiger partial charge in [0.05, 0.1) is 25.8 Å². The SMILES string of the molecule is COc1ccc(OC)c([C@@H]2CCCN2C(=O)c2cc3c(nc2N)CCN(C)C3)c1. The summed E-state index contributed by atoms with van der Waals surface area (Å²) in [7, 11) is 5.36. The molecule has 0 aliphatic carbocycles. The van der Waals surface area contributed by atoms with Gasteiger partial charge in [0, 0.05) is 37.3 Å². The lowest BCUT2D eigenvalue weighted by Crippen LogP contribution is -2.33. The molecule has 0 bridgehead atoms. The Hall–Kier alpha value is -2.80. The first-order valence-electron chi connectivity index (χ1n) is 10.0. The highest BCUT2D eigenvalue weighted by Crippen LogP contribution is 2.40. The Labute approximate surface area is 171 Å². The highest BCUT2D eigenvalue weighted by atomic mass is 16.5. The maximum atomic E-state index is 13.5. The number of likely N-dealkylation sites (N-methyl/N-ethyl adjacent to an activating group) is 1. The minimum Gasteiger partial charge on any atom is -0.497 e. The molecule has 1 amide bonds. The summed E-state index contributed by atoms with van der Waals surface area (Å²) < 4.78 is 11.0. The van der Waals surface area contributed by atoms with E-state index in [4.69, 9.17) is 15.2 Å². The number of nitrogen functional groups attached to an aromatic ring is 1. The summed E-state index contributed by atoms with van der Waals surface area (Å²) in [5, 5.41) is 0. The molecule has 7 heteroatoms. The monoisotopic (exact) mass is 396 g/mol. The largest absolute Gasteiger partial charge is 0.497 e. The van der Waals surface area contributed by atoms with E-state index in [1.54, 1.807) is 14.2 Å². The minimum absolute atomic E-state index is 0.0709. The van der Waals surface area contributed by atoms with Crippen LogP contribution in [0.3, 0.4) is 0 Å². The Bertz CT molecular complexity index is 931. The average molecular weight is 396 g/mol. The lowest BCUT2D eigenvalue weighted by atomic mass is 10.0. The number of carbonyl (C=O) groups is 1. The fraction of sp³-hybridized carbons (Fsp3) is 0.455. The number of ether oxygens (including phenoxy) is 2. The maximum Gasteiger partial charge on any atom is 0.258 e. The number of anilines is 1. The van der Waals surface area contributed by atoms with Crippen molar-refractivity contribution in [3.8, 4) is 11.5 Å². The molecule has 2 aromatic rings. The van der Waals surface area contributed by atoms with Gasteiger partial charge in [-0.1, -0.05) is 0 Å². The van der Waals surface area contributed by atoms with Gasteiger partial charge >= 0.3 is 0 Å². The Kier molecular flexibility index (Phi) is 5.32. The highest BCUT2D eigenvalue weighted by molar-refractivity contribution is 5.99. The van der Waals surface area contributed by atoms with Crippen molar-refractivity contribution in [2.24, 2.45) is 0 Å². The van der Waals surface area contributed by atoms with Crippen LogP contribution in [-0.4, -0.2) is 55.0 Å². The zero-order valence-corrected chi connectivity index (χ0v) is 17.3. The van der Waals surface area contributed by atoms with Gasteiger partial charge in [0.1, 0.15) is 17.3 Å². The molecule has 0 saturated carbocycles. The summed E-state index contributed by atoms with van der Waals surface area (Å²) in [6, 6.07) is 7.57. The van der Waals surface area contributed by atoms with Crippen LogP contribution in [0, 0.1) is 0 Å². The second-order valence-electron chi connectivity index (χ2n) is 7.78. The number of benzene rings is 1. The molecule has 0 spiro atoms. The Morgan fingerprint density at radius 3 is 2.79 bits per heavy atom. The topological polar surface area (TPSA) is 80.9 Å². The second-order valence-corrected chi connectivity index (χ2v) is 7.78. The number of nitrogens with zero attached hydrogens (tertiary/aromatic N) is 3. The third-order valence-electron chi connectivity index (χ3n) is 5.93. The van der Waals surface area contributed by atoms with Crippen LogP contribution in [0.1, 0.15) is 46.1 Å². The summed E-state index contributed by atoms with van der Waals surface area (Å²) >= 11 is 0. The molecule has 2 N–H and O–H groups in total. The Balaban J connectivity index is 1.68. The summed E-state index contributed by atoms with van der Waals surface area (Å²) in [6.07, 6.45) is 2.66. The summed E-state index contributed by atoms with van der Waals surface area (Å²) in [6.45, 7) is 2.42. The average Bonchev–Trinajstić information content (AvgIpc) is 3.22. The molecule has 1 fully saturated rings. The van der Waals surface area contributed by atoms with E-state index in [0.29, 0.717) is 17.9 Å². The highest BCUT2D eigenvalue weighted by Gasteiger charge is 2.34. The number of aromatic nitrogens is 1. The third kappa shape index (κ3) is 3.62. The van der Waals surface area contributed by atoms with Crippen molar-refractivity contribution in [1.82, 2.24) is 14.8 Å². The maximum absolute atomic E-state index is 13.5. The van der Waals surface area contributed by atoms with E-state index in [0.717, 1.165) is 60.7 Å². The molecule has 0 unspecified atom stereocenters. The van der Waals surface area contributed by atoms with Gasteiger partial charge in [0.2, 0.25) is 0 Å². The number of amides is 1. The summed E-state index contributed by atoms with van der Waals surface area (Å²) in [5.74, 6) is 1.76. The van der Waals surface area contributed by atoms with E-state index < -0.39 is 0 Å². The Morgan fingerprint density at radius 2 is 2.03 bits per heavy atom. The molecule has 3 heterocycles. The number of fused-ring (bicyclic) bond motifs is 1. The van der Waals surface area contributed by atoms with Crippen molar-refractivity contribution in [2.75, 3.05) is 40.1 Å². The van der Waals surface area contributed by atoms with Crippen molar-refractivity contribution in [1.29, 1.82) is 0 Å². The van der Waals surface area contributed by atoms with E-state index in [1.165, 1.54) is 0 Å². The molecule has 2 aliphatic rings. The molecular weight excluding hydrogens is 368 g/mol. The van der Waals surface area contributed by atoms with Crippen LogP contribution in [0.15, 0.2) is 24.3 Å². The molecule has 1 aromatic carbocycles. The first kappa shape index (κ1) is 19.5. The van der Waals surface area contributed by atoms with Gasteiger partial charge in [-0.3, -0.25) is 4.79 Å². The number of nitrogens with two attached hydrogens (primary N) is 1. The van der Waals surface area contributed by atoms with Crippen LogP contribution in [-0.2, 0) is 13.0 Å². The number of hydrogen-bond donors (Lipinski definition) is 1. The van der Waals surface area contributed by atoms with Crippen LogP contribution in [0.2, 0.25) is 0 Å². The van der Waals surface area contributed by atoms with E-state index in [1.807, 2.05) is 29.2 Å². The van der Waals surface area contributed by atoms with E-state index in [2.05, 4.69) is 16.9 Å². The molecule has 2 aliphatic heterocycles. The minimum atomic E-state index is -0.0781. The fourth-order valence-electron chi connectivity index (χ4n) is 4.39. The molecule has 7 nitrogen and oxygen atoms in total. The van der Waals surface area contributed by atoms with Crippen molar-refractivity contribution < 1.29 is 14.3 Å². The van der Waals surface area contributed by atoms with Gasteiger partial charge in [0.25, 0.3) is 5.91 Å². The van der Waals surface area contributed by atoms with Crippen LogP contribution < -0.4 is 15.2 Å². The van der Waals surface area contributed by atoms with Crippen LogP contribution in [0.4, 0.5) is 5.82 Å². The molecule has 0 radical (unpaired) electrons. The second kappa shape index (κ2) is 7.91. The van der Waals surface area contributed by atoms with Gasteiger partial charge in [-0.05, 0) is 49.7 Å². The molecule has 4 rings (SSSR count). The van der Waals surface area contributed by atoms with Gasteiger partial charge < -0.3 is 25.0 Å². The lowest BCUT2D eigenvalue weighted by Gasteiger charge is -2.28. The van der Waals surface area contributed by atoms with Gasteiger partial charge in [0.15, 0.2) is 0 Å². The van der Waals surface area contributed by atoms with E-state index in [-0.39, 0.29) is 11.9 Å². The van der Waals surface area contributed by atoms with Gasteiger partial charge in [-0.15, -0.1) is 0 Å². The number of rotatable bonds is 4. The number of pyridine rings is 1. The van der Waals surface area contributed by atoms with E-state index in [9.17, 15) is 4.79 Å². The van der Waals surface area contributed by atoms with Crippen LogP contribution in [0.25, 0.3) is 0 Å². The molecule has 1 aromatic heterocycles. The first-order valence-corrected chi connectivity index (χ1v) is 10.0. The quantitative estimate of drug-likeness (QED) is 0.856. The molecular formula is C22H28N4O3. The van der Waals surface area contributed by atoms with Gasteiger partial charge in [-0.2, -0.15) is 0 Å². The van der Waals surface area contributed by atoms with Gasteiger partial charge in [-0.25, -0.2) is 4.98 Å². The van der Waals surface area contributed by atoms with Crippen LogP contribution >= 0.6 is 0 Å². The van der Waals surface area contributed by atoms with Crippen molar-refractivity contribution in [3.63, 3.8) is 0 Å². The zero-order valence-electron chi connectivity index (χ0n) is 17.3. The molecule has 1 atom stereocenters. The fourth-order valence-corrected chi connectivity index (χ4v) is 4.39. The van der Waals surface area contributed by atoms with Crippen molar-refractivity contribution in [2.45, 2.75) is 31.8 Å². The zero-order chi connectivity index (χ0) is 20.5. The lowest BCUT2D eigenvalue weighted by molar-refractivity contribution is 0.0734. The Morgan fingerprint density at radius 1 is 1.21 bits per heavy atom. The first-order chi connectivity index (χ1) is 14.0. The molecule has 1 saturated heterocycles. The smallest absolute Gasteiger partial charge is 0.258 e. The normalized spacial score (nSPS) is 19.1. The molecule has 154 valence electrons. The van der Waals surface area contributed by atoms with Crippen molar-refractivity contribution in [3.05, 3.63) is 46.6 Å². The van der Waals surface area contributed by atoms with Crippen LogP contribution in [0.5, 0.6) is 11.5 Å². The molecule has 29 heavy (non-hydrogen) atoms. The number of carbonyl (C=O) groups excluding carboxylic acids is 1. The predicted molar refractivity (Wildman–Crippen MR) is 111 cm³/mol.